The van der Waals surface area contributed by atoms with Gasteiger partial charge in [-0.3, -0.25) is 4.79 Å². The molecule has 0 aromatic carbocycles. The number of fused-ring (bicyclic) bond motifs is 1. The largest absolute Gasteiger partial charge is 0.480 e. The Bertz CT molecular complexity index is 535. The highest BCUT2D eigenvalue weighted by Gasteiger charge is 2.18. The van der Waals surface area contributed by atoms with E-state index in [0.717, 1.165) is 0 Å². The predicted molar refractivity (Wildman–Crippen MR) is 56.9 cm³/mol. The van der Waals surface area contributed by atoms with Gasteiger partial charge >= 0.3 is 5.97 Å². The van der Waals surface area contributed by atoms with Crippen LogP contribution in [0.3, 0.4) is 0 Å². The molecule has 6 heteroatoms. The maximum atomic E-state index is 10.8. The fourth-order valence-electron chi connectivity index (χ4n) is 1.48. The van der Waals surface area contributed by atoms with Crippen LogP contribution in [0.1, 0.15) is 24.5 Å². The van der Waals surface area contributed by atoms with Gasteiger partial charge in [0.15, 0.2) is 11.5 Å². The van der Waals surface area contributed by atoms with Crippen molar-refractivity contribution in [3.63, 3.8) is 0 Å². The van der Waals surface area contributed by atoms with Crippen LogP contribution in [0, 0.1) is 0 Å². The third kappa shape index (κ3) is 1.63. The molecule has 3 N–H and O–H groups in total. The number of carbonyl (C=O) groups is 1. The van der Waals surface area contributed by atoms with Gasteiger partial charge in [-0.25, -0.2) is 9.50 Å². The molecular weight excluding hydrogens is 208 g/mol. The second-order valence-electron chi connectivity index (χ2n) is 3.42. The molecule has 0 aliphatic carbocycles. The van der Waals surface area contributed by atoms with Crippen molar-refractivity contribution in [3.05, 3.63) is 29.7 Å². The Hall–Kier alpha value is -1.95. The molecule has 16 heavy (non-hydrogen) atoms. The van der Waals surface area contributed by atoms with Crippen LogP contribution in [0.4, 0.5) is 0 Å². The lowest BCUT2D eigenvalue weighted by atomic mass is 10.2. The Morgan fingerprint density at radius 2 is 2.38 bits per heavy atom. The minimum Gasteiger partial charge on any atom is -0.480 e. The Kier molecular flexibility index (Phi) is 2.57. The van der Waals surface area contributed by atoms with Gasteiger partial charge in [0.1, 0.15) is 6.04 Å². The molecule has 2 rings (SSSR count). The molecule has 0 spiro atoms. The summed E-state index contributed by atoms with van der Waals surface area (Å²) >= 11 is 0. The zero-order valence-corrected chi connectivity index (χ0v) is 8.79. The van der Waals surface area contributed by atoms with Crippen molar-refractivity contribution in [2.75, 3.05) is 0 Å². The van der Waals surface area contributed by atoms with Crippen molar-refractivity contribution in [2.45, 2.75) is 19.4 Å². The third-order valence-electron chi connectivity index (χ3n) is 2.33. The molecule has 2 heterocycles. The van der Waals surface area contributed by atoms with Crippen LogP contribution < -0.4 is 5.73 Å². The van der Waals surface area contributed by atoms with Gasteiger partial charge in [-0.2, -0.15) is 5.10 Å². The molecule has 6 nitrogen and oxygen atoms in total. The number of aliphatic carboxylic acids is 1. The van der Waals surface area contributed by atoms with E-state index < -0.39 is 12.0 Å². The van der Waals surface area contributed by atoms with Gasteiger partial charge < -0.3 is 10.8 Å². The van der Waals surface area contributed by atoms with Crippen LogP contribution >= 0.6 is 0 Å². The number of aromatic nitrogens is 3. The summed E-state index contributed by atoms with van der Waals surface area (Å²) in [6, 6.07) is 4.04. The highest BCUT2D eigenvalue weighted by molar-refractivity contribution is 5.74. The SMILES string of the molecule is CCc1nc2cccc(C(N)C(=O)O)n2n1. The number of nitrogens with zero attached hydrogens (tertiary/aromatic N) is 3. The van der Waals surface area contributed by atoms with E-state index in [4.69, 9.17) is 10.8 Å². The molecular formula is C10H12N4O2. The lowest BCUT2D eigenvalue weighted by Gasteiger charge is -2.07. The first-order valence-corrected chi connectivity index (χ1v) is 4.96. The third-order valence-corrected chi connectivity index (χ3v) is 2.33. The molecule has 2 aromatic heterocycles. The van der Waals surface area contributed by atoms with Crippen molar-refractivity contribution in [1.82, 2.24) is 14.6 Å². The molecule has 0 saturated carbocycles. The number of aryl methyl sites for hydroxylation is 1. The van der Waals surface area contributed by atoms with E-state index in [1.165, 1.54) is 4.52 Å². The van der Waals surface area contributed by atoms with Gasteiger partial charge in [-0.1, -0.05) is 13.0 Å². The van der Waals surface area contributed by atoms with Gasteiger partial charge in [-0.05, 0) is 12.1 Å². The lowest BCUT2D eigenvalue weighted by Crippen LogP contribution is -2.23. The number of carboxylic acid groups (broad SMARTS) is 1. The summed E-state index contributed by atoms with van der Waals surface area (Å²) in [5.41, 5.74) is 6.61. The van der Waals surface area contributed by atoms with E-state index in [1.807, 2.05) is 6.92 Å². The highest BCUT2D eigenvalue weighted by atomic mass is 16.4. The van der Waals surface area contributed by atoms with Crippen LogP contribution in [-0.4, -0.2) is 25.7 Å². The van der Waals surface area contributed by atoms with Crippen molar-refractivity contribution in [1.29, 1.82) is 0 Å². The van der Waals surface area contributed by atoms with E-state index in [2.05, 4.69) is 10.1 Å². The monoisotopic (exact) mass is 220 g/mol. The zero-order valence-electron chi connectivity index (χ0n) is 8.79. The number of rotatable bonds is 3. The first kappa shape index (κ1) is 10.6. The van der Waals surface area contributed by atoms with E-state index in [9.17, 15) is 4.79 Å². The molecule has 0 aliphatic heterocycles. The fourth-order valence-corrected chi connectivity index (χ4v) is 1.48. The fraction of sp³-hybridized carbons (Fsp3) is 0.300. The zero-order chi connectivity index (χ0) is 11.7. The predicted octanol–water partition coefficient (Wildman–Crippen LogP) is 0.376. The van der Waals surface area contributed by atoms with Crippen molar-refractivity contribution in [3.8, 4) is 0 Å². The minimum absolute atomic E-state index is 0.428. The summed E-state index contributed by atoms with van der Waals surface area (Å²) in [5, 5.41) is 13.1. The molecule has 0 saturated heterocycles. The van der Waals surface area contributed by atoms with Gasteiger partial charge in [0.25, 0.3) is 0 Å². The summed E-state index contributed by atoms with van der Waals surface area (Å²) in [4.78, 5) is 15.1. The molecule has 0 radical (unpaired) electrons. The molecule has 0 bridgehead atoms. The van der Waals surface area contributed by atoms with Crippen molar-refractivity contribution < 1.29 is 9.90 Å². The Balaban J connectivity index is 2.60. The van der Waals surface area contributed by atoms with Crippen molar-refractivity contribution >= 4 is 11.6 Å². The number of hydrogen-bond donors (Lipinski definition) is 2. The van der Waals surface area contributed by atoms with Crippen LogP contribution in [0.2, 0.25) is 0 Å². The number of nitrogens with two attached hydrogens (primary N) is 1. The van der Waals surface area contributed by atoms with Gasteiger partial charge in [0.05, 0.1) is 5.69 Å². The maximum Gasteiger partial charge on any atom is 0.326 e. The Morgan fingerprint density at radius 3 is 3.00 bits per heavy atom. The first-order chi connectivity index (χ1) is 7.63. The number of carboxylic acids is 1. The molecule has 0 amide bonds. The molecule has 1 atom stereocenters. The van der Waals surface area contributed by atoms with Crippen LogP contribution in [-0.2, 0) is 11.2 Å². The van der Waals surface area contributed by atoms with E-state index in [0.29, 0.717) is 23.6 Å². The topological polar surface area (TPSA) is 93.5 Å². The van der Waals surface area contributed by atoms with Crippen LogP contribution in [0.25, 0.3) is 5.65 Å². The van der Waals surface area contributed by atoms with Crippen molar-refractivity contribution in [2.24, 2.45) is 5.73 Å². The summed E-state index contributed by atoms with van der Waals surface area (Å²) in [6.07, 6.45) is 0.698. The van der Waals surface area contributed by atoms with E-state index >= 15 is 0 Å². The second kappa shape index (κ2) is 3.90. The van der Waals surface area contributed by atoms with Gasteiger partial charge in [0.2, 0.25) is 0 Å². The molecule has 2 aromatic rings. The Morgan fingerprint density at radius 1 is 1.62 bits per heavy atom. The number of hydrogen-bond acceptors (Lipinski definition) is 4. The second-order valence-corrected chi connectivity index (χ2v) is 3.42. The first-order valence-electron chi connectivity index (χ1n) is 4.96. The summed E-state index contributed by atoms with van der Waals surface area (Å²) in [6.45, 7) is 1.94. The minimum atomic E-state index is -1.09. The molecule has 0 fully saturated rings. The summed E-state index contributed by atoms with van der Waals surface area (Å²) < 4.78 is 1.48. The summed E-state index contributed by atoms with van der Waals surface area (Å²) in [7, 11) is 0. The Labute approximate surface area is 91.7 Å². The standard InChI is InChI=1S/C10H12N4O2/c1-2-7-12-8-5-3-4-6(14(8)13-7)9(11)10(15)16/h3-5,9H,2,11H2,1H3,(H,15,16). The average molecular weight is 220 g/mol. The average Bonchev–Trinajstić information content (AvgIpc) is 2.70. The quantitative estimate of drug-likeness (QED) is 0.779. The van der Waals surface area contributed by atoms with E-state index in [1.54, 1.807) is 18.2 Å². The smallest absolute Gasteiger partial charge is 0.326 e. The molecule has 0 aliphatic rings. The normalized spacial score (nSPS) is 12.9. The summed E-state index contributed by atoms with van der Waals surface area (Å²) in [5.74, 6) is -0.411. The highest BCUT2D eigenvalue weighted by Crippen LogP contribution is 2.12. The molecule has 84 valence electrons. The van der Waals surface area contributed by atoms with Gasteiger partial charge in [-0.15, -0.1) is 0 Å². The number of pyridine rings is 1. The van der Waals surface area contributed by atoms with Gasteiger partial charge in [0, 0.05) is 6.42 Å². The van der Waals surface area contributed by atoms with Crippen LogP contribution in [0.15, 0.2) is 18.2 Å². The lowest BCUT2D eigenvalue weighted by molar-refractivity contribution is -0.138. The van der Waals surface area contributed by atoms with Crippen LogP contribution in [0.5, 0.6) is 0 Å². The maximum absolute atomic E-state index is 10.8. The molecule has 1 unspecified atom stereocenters. The van der Waals surface area contributed by atoms with E-state index in [-0.39, 0.29) is 0 Å².